The standard InChI is InChI=1S/C17H17.2C6H5.C5H5.2ClH.Si.Zr/c1-17(2,3)15-10-6-8-13-11-12-7-4-5-9-14(12)16(13)15;2*1-2-4-6-5-3-1;1-2-4-5-3-1;;;;/h4-7,9-10H,11H2,1-3H3;2*1-5H;1-3H,4H2;2*1H;;/q4*-1;;;;. The van der Waals surface area contributed by atoms with Crippen LogP contribution in [0.25, 0.3) is 11.1 Å². The van der Waals surface area contributed by atoms with Gasteiger partial charge in [0.2, 0.25) is 0 Å². The summed E-state index contributed by atoms with van der Waals surface area (Å²) in [5.74, 6) is 0. The molecule has 0 unspecified atom stereocenters. The van der Waals surface area contributed by atoms with E-state index in [0.717, 1.165) is 12.8 Å². The Morgan fingerprint density at radius 3 is 1.71 bits per heavy atom. The average Bonchev–Trinajstić information content (AvgIpc) is 3.64. The monoisotopic (exact) mass is 630 g/mol. The third-order valence-corrected chi connectivity index (χ3v) is 5.34. The Labute approximate surface area is 259 Å². The van der Waals surface area contributed by atoms with Gasteiger partial charge in [-0.2, -0.15) is 97.1 Å². The Morgan fingerprint density at radius 2 is 1.32 bits per heavy atom. The molecule has 2 aliphatic carbocycles. The van der Waals surface area contributed by atoms with Gasteiger partial charge in [0.15, 0.2) is 0 Å². The molecule has 6 rings (SSSR count). The molecule has 0 saturated heterocycles. The van der Waals surface area contributed by atoms with Gasteiger partial charge in [0.1, 0.15) is 0 Å². The minimum absolute atomic E-state index is 0. The summed E-state index contributed by atoms with van der Waals surface area (Å²) in [4.78, 5) is 0. The zero-order valence-corrected chi connectivity index (χ0v) is 27.3. The number of allylic oxidation sites excluding steroid dienone is 4. The van der Waals surface area contributed by atoms with Crippen molar-refractivity contribution in [3.05, 3.63) is 156 Å². The minimum atomic E-state index is 0. The van der Waals surface area contributed by atoms with Crippen molar-refractivity contribution in [1.29, 1.82) is 0 Å². The zero-order chi connectivity index (χ0) is 26.1. The maximum absolute atomic E-state index is 3.41. The molecule has 0 aromatic heterocycles. The normalized spacial score (nSPS) is 10.9. The van der Waals surface area contributed by atoms with Crippen LogP contribution in [0.1, 0.15) is 43.9 Å². The van der Waals surface area contributed by atoms with E-state index in [0.29, 0.717) is 0 Å². The van der Waals surface area contributed by atoms with Crippen LogP contribution >= 0.6 is 24.8 Å². The molecule has 2 radical (unpaired) electrons. The Kier molecular flexibility index (Phi) is 19.9. The molecule has 0 amide bonds. The summed E-state index contributed by atoms with van der Waals surface area (Å²) in [6.07, 6.45) is 11.0. The van der Waals surface area contributed by atoms with Crippen LogP contribution in [-0.4, -0.2) is 6.88 Å². The van der Waals surface area contributed by atoms with Crippen LogP contribution in [0.4, 0.5) is 0 Å². The fourth-order valence-corrected chi connectivity index (χ4v) is 3.75. The van der Waals surface area contributed by atoms with E-state index in [1.807, 2.05) is 72.8 Å². The number of hydrogen-bond donors (Lipinski definition) is 0. The van der Waals surface area contributed by atoms with Gasteiger partial charge >= 0.3 is 30.2 Å². The predicted octanol–water partition coefficient (Wildman–Crippen LogP) is 9.10. The second-order valence-corrected chi connectivity index (χ2v) is 8.99. The van der Waals surface area contributed by atoms with Gasteiger partial charge in [0, 0.05) is 0 Å². The fraction of sp³-hybridized carbons (Fsp3) is 0.176. The first kappa shape index (κ1) is 36.0. The molecule has 4 heteroatoms. The first-order valence-corrected chi connectivity index (χ1v) is 16.2. The van der Waals surface area contributed by atoms with E-state index in [1.165, 1.54) is 51.2 Å². The molecule has 196 valence electrons. The fourth-order valence-electron chi connectivity index (χ4n) is 3.75. The molecule has 0 nitrogen and oxygen atoms in total. The van der Waals surface area contributed by atoms with Gasteiger partial charge in [-0.25, -0.2) is 12.2 Å². The summed E-state index contributed by atoms with van der Waals surface area (Å²) >= 11 is 1.36. The topological polar surface area (TPSA) is 0 Å². The number of halogens is 2. The smallest absolute Gasteiger partial charge is 0.171 e. The Bertz CT molecular complexity index is 1110. The molecular weight excluding hydrogens is 599 g/mol. The molecule has 38 heavy (non-hydrogen) atoms. The Hall–Kier alpha value is -1.96. The molecule has 0 spiro atoms. The molecule has 0 atom stereocenters. The SMILES string of the molecule is CC(C)(C)c1cc[c-]c2c1-c1ccccc1C2.Cl.Cl.[C-]1=CC=CC1.[Si]=[Zr].[c-]1ccccc1.[c-]1ccccc1. The van der Waals surface area contributed by atoms with Crippen LogP contribution in [0.5, 0.6) is 0 Å². The van der Waals surface area contributed by atoms with Crippen molar-refractivity contribution in [3.8, 4) is 11.1 Å². The summed E-state index contributed by atoms with van der Waals surface area (Å²) in [5, 5.41) is 0. The van der Waals surface area contributed by atoms with Crippen molar-refractivity contribution < 1.29 is 23.3 Å². The molecule has 0 saturated carbocycles. The van der Waals surface area contributed by atoms with Gasteiger partial charge < -0.3 is 0 Å². The van der Waals surface area contributed by atoms with Crippen LogP contribution in [-0.2, 0) is 35.2 Å². The maximum Gasteiger partial charge on any atom is -0.171 e. The van der Waals surface area contributed by atoms with E-state index in [4.69, 9.17) is 0 Å². The van der Waals surface area contributed by atoms with E-state index in [2.05, 4.69) is 94.4 Å². The second kappa shape index (κ2) is 20.9. The minimum Gasteiger partial charge on any atom is -0.184 e. The molecule has 0 fully saturated rings. The van der Waals surface area contributed by atoms with Crippen LogP contribution in [0.3, 0.4) is 0 Å². The number of rotatable bonds is 0. The molecule has 0 N–H and O–H groups in total. The largest absolute Gasteiger partial charge is 0.184 e. The van der Waals surface area contributed by atoms with Crippen LogP contribution in [0.2, 0.25) is 0 Å². The number of benzene rings is 4. The van der Waals surface area contributed by atoms with Crippen LogP contribution in [0.15, 0.2) is 115 Å². The van der Waals surface area contributed by atoms with E-state index in [9.17, 15) is 0 Å². The van der Waals surface area contributed by atoms with E-state index in [1.54, 1.807) is 0 Å². The number of hydrogen-bond acceptors (Lipinski definition) is 0. The third kappa shape index (κ3) is 12.7. The van der Waals surface area contributed by atoms with E-state index in [-0.39, 0.29) is 30.2 Å². The quantitative estimate of drug-likeness (QED) is 0.118. The first-order chi connectivity index (χ1) is 17.6. The zero-order valence-electron chi connectivity index (χ0n) is 22.2. The van der Waals surface area contributed by atoms with Crippen molar-refractivity contribution in [2.24, 2.45) is 0 Å². The van der Waals surface area contributed by atoms with Gasteiger partial charge in [-0.1, -0.05) is 56.2 Å². The molecule has 2 aliphatic rings. The summed E-state index contributed by atoms with van der Waals surface area (Å²) in [6.45, 7) is 9.91. The predicted molar refractivity (Wildman–Crippen MR) is 165 cm³/mol. The summed E-state index contributed by atoms with van der Waals surface area (Å²) < 4.78 is 0. The molecule has 0 bridgehead atoms. The molecule has 0 aliphatic heterocycles. The van der Waals surface area contributed by atoms with Crippen LogP contribution in [0, 0.1) is 24.3 Å². The van der Waals surface area contributed by atoms with Crippen molar-refractivity contribution in [2.75, 3.05) is 0 Å². The average molecular weight is 633 g/mol. The van der Waals surface area contributed by atoms with Crippen molar-refractivity contribution in [3.63, 3.8) is 0 Å². The summed E-state index contributed by atoms with van der Waals surface area (Å²) in [7, 11) is 0. The summed E-state index contributed by atoms with van der Waals surface area (Å²) in [5.41, 5.74) is 7.27. The van der Waals surface area contributed by atoms with E-state index < -0.39 is 0 Å². The van der Waals surface area contributed by atoms with Gasteiger partial charge in [0.05, 0.1) is 0 Å². The Morgan fingerprint density at radius 1 is 0.737 bits per heavy atom. The molecule has 0 heterocycles. The van der Waals surface area contributed by atoms with Crippen LogP contribution < -0.4 is 0 Å². The number of fused-ring (bicyclic) bond motifs is 3. The molecule has 4 aromatic carbocycles. The Balaban J connectivity index is 0.000000540. The van der Waals surface area contributed by atoms with E-state index >= 15 is 0 Å². The van der Waals surface area contributed by atoms with Gasteiger partial charge in [-0.15, -0.1) is 47.9 Å². The first-order valence-electron chi connectivity index (χ1n) is 12.0. The van der Waals surface area contributed by atoms with Crippen molar-refractivity contribution >= 4 is 31.7 Å². The molecule has 4 aromatic rings. The van der Waals surface area contributed by atoms with Crippen molar-refractivity contribution in [1.82, 2.24) is 0 Å². The van der Waals surface area contributed by atoms with Crippen molar-refractivity contribution in [2.45, 2.75) is 39.0 Å². The maximum atomic E-state index is 3.41. The molecular formula is C34H34Cl2SiZr-4. The second-order valence-electron chi connectivity index (χ2n) is 8.99. The van der Waals surface area contributed by atoms with Gasteiger partial charge in [-0.3, -0.25) is 6.08 Å². The third-order valence-electron chi connectivity index (χ3n) is 5.34. The van der Waals surface area contributed by atoms with Gasteiger partial charge in [-0.05, 0) is 11.8 Å². The summed E-state index contributed by atoms with van der Waals surface area (Å²) in [6, 6.07) is 41.4. The van der Waals surface area contributed by atoms with Gasteiger partial charge in [0.25, 0.3) is 0 Å².